The fourth-order valence-corrected chi connectivity index (χ4v) is 6.58. The van der Waals surface area contributed by atoms with Crippen molar-refractivity contribution in [1.82, 2.24) is 14.7 Å². The molecule has 1 aromatic carbocycles. The lowest BCUT2D eigenvalue weighted by atomic mass is 9.75. The minimum Gasteiger partial charge on any atom is -0.342 e. The van der Waals surface area contributed by atoms with E-state index in [-0.39, 0.29) is 42.5 Å². The number of hydrogen-bond acceptors (Lipinski definition) is 5. The summed E-state index contributed by atoms with van der Waals surface area (Å²) < 4.78 is 0. The topological polar surface area (TPSA) is 60.9 Å². The van der Waals surface area contributed by atoms with Gasteiger partial charge >= 0.3 is 0 Å². The van der Waals surface area contributed by atoms with Crippen LogP contribution in [0.2, 0.25) is 0 Å². The summed E-state index contributed by atoms with van der Waals surface area (Å²) in [7, 11) is 0. The fourth-order valence-electron chi connectivity index (χ4n) is 5.89. The Balaban J connectivity index is 1.38. The second kappa shape index (κ2) is 8.69. The molecule has 3 amide bonds. The summed E-state index contributed by atoms with van der Waals surface area (Å²) >= 11 is 1.53. The van der Waals surface area contributed by atoms with Crippen molar-refractivity contribution < 1.29 is 14.4 Å². The van der Waals surface area contributed by atoms with Crippen LogP contribution in [-0.2, 0) is 26.3 Å². The summed E-state index contributed by atoms with van der Waals surface area (Å²) in [6.07, 6.45) is 2.25. The number of nitrogens with zero attached hydrogens (tertiary/aromatic N) is 3. The smallest absolute Gasteiger partial charge is 0.241 e. The Kier molecular flexibility index (Phi) is 5.87. The second-order valence-corrected chi connectivity index (χ2v) is 10.9. The van der Waals surface area contributed by atoms with Gasteiger partial charge < -0.3 is 9.80 Å². The van der Waals surface area contributed by atoms with Gasteiger partial charge in [0.25, 0.3) is 0 Å². The normalized spacial score (nSPS) is 27.9. The Morgan fingerprint density at radius 2 is 1.82 bits per heavy atom. The molecule has 33 heavy (non-hydrogen) atoms. The molecule has 174 valence electrons. The highest BCUT2D eigenvalue weighted by atomic mass is 32.1. The largest absolute Gasteiger partial charge is 0.342 e. The van der Waals surface area contributed by atoms with E-state index in [9.17, 15) is 14.4 Å². The molecule has 0 bridgehead atoms. The van der Waals surface area contributed by atoms with E-state index in [1.54, 1.807) is 0 Å². The van der Waals surface area contributed by atoms with Gasteiger partial charge in [0.15, 0.2) is 0 Å². The van der Waals surface area contributed by atoms with Gasteiger partial charge in [0.05, 0.1) is 12.0 Å². The Labute approximate surface area is 199 Å². The molecule has 0 radical (unpaired) electrons. The van der Waals surface area contributed by atoms with Crippen LogP contribution >= 0.6 is 11.3 Å². The van der Waals surface area contributed by atoms with Crippen molar-refractivity contribution in [2.75, 3.05) is 32.7 Å². The predicted molar refractivity (Wildman–Crippen MR) is 128 cm³/mol. The summed E-state index contributed by atoms with van der Waals surface area (Å²) in [5.74, 6) is -0.450. The van der Waals surface area contributed by atoms with Crippen molar-refractivity contribution in [3.63, 3.8) is 0 Å². The maximum Gasteiger partial charge on any atom is 0.241 e. The molecular weight excluding hydrogens is 434 g/mol. The van der Waals surface area contributed by atoms with Gasteiger partial charge in [-0.25, -0.2) is 0 Å². The van der Waals surface area contributed by atoms with Crippen LogP contribution in [0.15, 0.2) is 47.8 Å². The number of carbonyl (C=O) groups is 3. The molecule has 3 fully saturated rings. The van der Waals surface area contributed by atoms with Gasteiger partial charge in [0.2, 0.25) is 17.7 Å². The molecule has 3 saturated heterocycles. The molecule has 3 aliphatic heterocycles. The van der Waals surface area contributed by atoms with E-state index in [0.29, 0.717) is 0 Å². The second-order valence-electron chi connectivity index (χ2n) is 9.85. The highest BCUT2D eigenvalue weighted by Gasteiger charge is 2.55. The van der Waals surface area contributed by atoms with Crippen LogP contribution in [0.5, 0.6) is 0 Å². The zero-order valence-electron chi connectivity index (χ0n) is 19.2. The number of thiophene rings is 1. The molecule has 0 saturated carbocycles. The van der Waals surface area contributed by atoms with E-state index in [2.05, 4.69) is 11.8 Å². The van der Waals surface area contributed by atoms with Crippen molar-refractivity contribution in [3.8, 4) is 0 Å². The first kappa shape index (κ1) is 22.3. The van der Waals surface area contributed by atoms with Gasteiger partial charge in [-0.3, -0.25) is 19.3 Å². The number of rotatable bonds is 6. The van der Waals surface area contributed by atoms with E-state index in [4.69, 9.17) is 0 Å². The summed E-state index contributed by atoms with van der Waals surface area (Å²) in [4.78, 5) is 47.1. The van der Waals surface area contributed by atoms with Gasteiger partial charge in [-0.2, -0.15) is 0 Å². The van der Waals surface area contributed by atoms with Crippen LogP contribution in [0.4, 0.5) is 0 Å². The van der Waals surface area contributed by atoms with Crippen molar-refractivity contribution >= 4 is 29.1 Å². The summed E-state index contributed by atoms with van der Waals surface area (Å²) in [6, 6.07) is 13.3. The third kappa shape index (κ3) is 4.02. The van der Waals surface area contributed by atoms with Crippen molar-refractivity contribution in [1.29, 1.82) is 0 Å². The van der Waals surface area contributed by atoms with Crippen LogP contribution < -0.4 is 0 Å². The molecular formula is C26H31N3O3S. The first-order chi connectivity index (χ1) is 15.9. The van der Waals surface area contributed by atoms with Crippen LogP contribution in [0.25, 0.3) is 0 Å². The van der Waals surface area contributed by atoms with Crippen LogP contribution in [-0.4, -0.2) is 65.1 Å². The monoisotopic (exact) mass is 465 g/mol. The summed E-state index contributed by atoms with van der Waals surface area (Å²) in [5, 5.41) is 1.94. The van der Waals surface area contributed by atoms with Crippen LogP contribution in [0, 0.1) is 5.41 Å². The molecule has 1 aromatic heterocycles. The van der Waals surface area contributed by atoms with Crippen LogP contribution in [0.1, 0.15) is 43.0 Å². The van der Waals surface area contributed by atoms with E-state index >= 15 is 0 Å². The van der Waals surface area contributed by atoms with E-state index in [1.807, 2.05) is 52.7 Å². The summed E-state index contributed by atoms with van der Waals surface area (Å²) in [5.41, 5.74) is -0.169. The molecule has 2 unspecified atom stereocenters. The number of imide groups is 1. The molecule has 7 heteroatoms. The Morgan fingerprint density at radius 3 is 2.52 bits per heavy atom. The third-order valence-corrected chi connectivity index (χ3v) is 8.70. The predicted octanol–water partition coefficient (Wildman–Crippen LogP) is 3.28. The minimum absolute atomic E-state index is 0.00944. The fraction of sp³-hybridized carbons (Fsp3) is 0.500. The van der Waals surface area contributed by atoms with Gasteiger partial charge in [0.1, 0.15) is 0 Å². The highest BCUT2D eigenvalue weighted by Crippen LogP contribution is 2.43. The molecule has 1 spiro atoms. The number of benzene rings is 1. The lowest BCUT2D eigenvalue weighted by Gasteiger charge is -2.30. The average molecular weight is 466 g/mol. The first-order valence-electron chi connectivity index (χ1n) is 11.9. The lowest BCUT2D eigenvalue weighted by Crippen LogP contribution is -2.43. The van der Waals surface area contributed by atoms with Gasteiger partial charge in [-0.15, -0.1) is 11.3 Å². The third-order valence-electron chi connectivity index (χ3n) is 7.84. The lowest BCUT2D eigenvalue weighted by molar-refractivity contribution is -0.143. The molecule has 0 aliphatic carbocycles. The SMILES string of the molecule is CCN1CCC2(CCN(C(=O)CC3(c4ccccc4)CC(=O)N(Cc4cccs4)C3=O)C2)C1. The molecule has 2 aromatic rings. The Morgan fingerprint density at radius 1 is 1.03 bits per heavy atom. The van der Waals surface area contributed by atoms with E-state index in [0.717, 1.165) is 56.0 Å². The number of carbonyl (C=O) groups excluding carboxylic acids is 3. The number of hydrogen-bond donors (Lipinski definition) is 0. The maximum atomic E-state index is 13.8. The minimum atomic E-state index is -1.12. The molecule has 2 atom stereocenters. The number of likely N-dealkylation sites (tertiary alicyclic amines) is 3. The zero-order chi connectivity index (χ0) is 23.1. The quantitative estimate of drug-likeness (QED) is 0.615. The Bertz CT molecular complexity index is 1040. The van der Waals surface area contributed by atoms with Gasteiger partial charge in [-0.05, 0) is 42.9 Å². The molecule has 6 nitrogen and oxygen atoms in total. The first-order valence-corrected chi connectivity index (χ1v) is 12.8. The van der Waals surface area contributed by atoms with Crippen molar-refractivity contribution in [3.05, 3.63) is 58.3 Å². The molecule has 5 rings (SSSR count). The van der Waals surface area contributed by atoms with E-state index < -0.39 is 5.41 Å². The van der Waals surface area contributed by atoms with Crippen molar-refractivity contribution in [2.45, 2.75) is 44.6 Å². The van der Waals surface area contributed by atoms with Crippen LogP contribution in [0.3, 0.4) is 0 Å². The molecule has 3 aliphatic rings. The average Bonchev–Trinajstić information content (AvgIpc) is 3.61. The van der Waals surface area contributed by atoms with Crippen molar-refractivity contribution in [2.24, 2.45) is 5.41 Å². The van der Waals surface area contributed by atoms with Gasteiger partial charge in [0, 0.05) is 42.8 Å². The molecule has 4 heterocycles. The number of amides is 3. The van der Waals surface area contributed by atoms with E-state index in [1.165, 1.54) is 16.2 Å². The summed E-state index contributed by atoms with van der Waals surface area (Å²) in [6.45, 7) is 7.14. The Hall–Kier alpha value is -2.51. The highest BCUT2D eigenvalue weighted by molar-refractivity contribution is 7.09. The van der Waals surface area contributed by atoms with Gasteiger partial charge in [-0.1, -0.05) is 43.3 Å². The standard InChI is InChI=1S/C26H31N3O3S/c1-2-27-12-10-25(18-27)11-13-28(19-25)22(30)15-26(20-7-4-3-5-8-20)16-23(31)29(24(26)32)17-21-9-6-14-33-21/h3-9,14H,2,10-13,15-19H2,1H3. The maximum absolute atomic E-state index is 13.8. The molecule has 0 N–H and O–H groups in total. The zero-order valence-corrected chi connectivity index (χ0v) is 20.0.